The number of carbonyl (C=O) groups excluding carboxylic acids is 2. The Morgan fingerprint density at radius 3 is 3.00 bits per heavy atom. The van der Waals surface area contributed by atoms with E-state index in [0.717, 1.165) is 4.90 Å². The summed E-state index contributed by atoms with van der Waals surface area (Å²) < 4.78 is 4.88. The van der Waals surface area contributed by atoms with Crippen molar-refractivity contribution in [3.05, 3.63) is 30.7 Å². The predicted molar refractivity (Wildman–Crippen MR) is 66.1 cm³/mol. The molecule has 6 heteroatoms. The minimum Gasteiger partial charge on any atom is -0.415 e. The summed E-state index contributed by atoms with van der Waals surface area (Å²) in [5.74, 6) is 0.314. The molecule has 0 aromatic carbocycles. The van der Waals surface area contributed by atoms with Crippen LogP contribution < -0.4 is 10.2 Å². The van der Waals surface area contributed by atoms with E-state index in [1.165, 1.54) is 6.92 Å². The quantitative estimate of drug-likeness (QED) is 0.767. The summed E-state index contributed by atoms with van der Waals surface area (Å²) in [6.07, 6.45) is 0.812. The molecule has 0 saturated heterocycles. The van der Waals surface area contributed by atoms with Gasteiger partial charge >= 0.3 is 6.09 Å². The summed E-state index contributed by atoms with van der Waals surface area (Å²) in [6, 6.07) is 2.73. The molecule has 1 atom stereocenters. The third-order valence-electron chi connectivity index (χ3n) is 2.42. The van der Waals surface area contributed by atoms with Gasteiger partial charge in [0.25, 0.3) is 5.91 Å². The summed E-state index contributed by atoms with van der Waals surface area (Å²) in [4.78, 5) is 29.0. The summed E-state index contributed by atoms with van der Waals surface area (Å²) in [5.41, 5.74) is 0.381. The molecular formula is C12H13N3O3. The largest absolute Gasteiger partial charge is 0.426 e. The van der Waals surface area contributed by atoms with E-state index in [-0.39, 0.29) is 11.7 Å². The van der Waals surface area contributed by atoms with Crippen molar-refractivity contribution in [3.63, 3.8) is 0 Å². The van der Waals surface area contributed by atoms with E-state index in [0.29, 0.717) is 11.5 Å². The molecule has 2 amide bonds. The lowest BCUT2D eigenvalue weighted by Gasteiger charge is -2.30. The number of allylic oxidation sites excluding steroid dienone is 1. The predicted octanol–water partition coefficient (Wildman–Crippen LogP) is 1.90. The molecule has 1 aliphatic heterocycles. The van der Waals surface area contributed by atoms with Gasteiger partial charge in [0.1, 0.15) is 6.04 Å². The van der Waals surface area contributed by atoms with Gasteiger partial charge in [0, 0.05) is 6.20 Å². The van der Waals surface area contributed by atoms with Crippen LogP contribution in [0.25, 0.3) is 0 Å². The molecule has 0 spiro atoms. The van der Waals surface area contributed by atoms with Gasteiger partial charge < -0.3 is 10.1 Å². The monoisotopic (exact) mass is 247 g/mol. The van der Waals surface area contributed by atoms with Gasteiger partial charge in [0.15, 0.2) is 5.82 Å². The average molecular weight is 247 g/mol. The van der Waals surface area contributed by atoms with Crippen LogP contribution in [0.4, 0.5) is 16.3 Å². The first-order valence-electron chi connectivity index (χ1n) is 5.43. The Bertz CT molecular complexity index is 527. The smallest absolute Gasteiger partial charge is 0.415 e. The Kier molecular flexibility index (Phi) is 3.01. The number of imide groups is 1. The zero-order valence-corrected chi connectivity index (χ0v) is 10.1. The SMILES string of the molecule is C=C(C)OC(=O)N1C(=O)C(C)Nc2ncccc21. The van der Waals surface area contributed by atoms with Crippen LogP contribution in [0, 0.1) is 0 Å². The number of fused-ring (bicyclic) bond motifs is 1. The maximum absolute atomic E-state index is 12.0. The first kappa shape index (κ1) is 12.1. The van der Waals surface area contributed by atoms with Crippen molar-refractivity contribution in [2.24, 2.45) is 0 Å². The van der Waals surface area contributed by atoms with Crippen molar-refractivity contribution in [1.82, 2.24) is 4.98 Å². The number of rotatable bonds is 1. The van der Waals surface area contributed by atoms with E-state index < -0.39 is 12.1 Å². The Morgan fingerprint density at radius 1 is 1.61 bits per heavy atom. The van der Waals surface area contributed by atoms with Crippen molar-refractivity contribution in [3.8, 4) is 0 Å². The molecule has 0 radical (unpaired) electrons. The highest BCUT2D eigenvalue weighted by Gasteiger charge is 2.35. The van der Waals surface area contributed by atoms with Crippen LogP contribution in [0.1, 0.15) is 13.8 Å². The molecule has 94 valence electrons. The second kappa shape index (κ2) is 4.48. The van der Waals surface area contributed by atoms with E-state index in [9.17, 15) is 9.59 Å². The van der Waals surface area contributed by atoms with Gasteiger partial charge in [0.2, 0.25) is 0 Å². The highest BCUT2D eigenvalue weighted by Crippen LogP contribution is 2.29. The first-order valence-corrected chi connectivity index (χ1v) is 5.43. The van der Waals surface area contributed by atoms with Crippen LogP contribution in [-0.2, 0) is 9.53 Å². The Balaban J connectivity index is 2.41. The van der Waals surface area contributed by atoms with E-state index in [1.54, 1.807) is 25.3 Å². The van der Waals surface area contributed by atoms with Gasteiger partial charge in [-0.1, -0.05) is 6.58 Å². The molecule has 0 saturated carbocycles. The van der Waals surface area contributed by atoms with Gasteiger partial charge in [-0.25, -0.2) is 14.7 Å². The van der Waals surface area contributed by atoms with E-state index in [4.69, 9.17) is 4.74 Å². The van der Waals surface area contributed by atoms with Gasteiger partial charge in [-0.05, 0) is 26.0 Å². The molecule has 0 fully saturated rings. The molecule has 1 N–H and O–H groups in total. The standard InChI is InChI=1S/C12H13N3O3/c1-7(2)18-12(17)15-9-5-4-6-13-10(9)14-8(3)11(15)16/h4-6,8H,1H2,2-3H3,(H,13,14). The number of hydrogen-bond donors (Lipinski definition) is 1. The Labute approximate surface area is 104 Å². The average Bonchev–Trinajstić information content (AvgIpc) is 2.29. The Hall–Kier alpha value is -2.37. The molecule has 1 aromatic heterocycles. The fourth-order valence-corrected chi connectivity index (χ4v) is 1.65. The molecule has 6 nitrogen and oxygen atoms in total. The number of aromatic nitrogens is 1. The van der Waals surface area contributed by atoms with Gasteiger partial charge in [0.05, 0.1) is 11.4 Å². The van der Waals surface area contributed by atoms with Crippen LogP contribution in [0.3, 0.4) is 0 Å². The van der Waals surface area contributed by atoms with Crippen molar-refractivity contribution < 1.29 is 14.3 Å². The summed E-state index contributed by atoms with van der Waals surface area (Å²) in [7, 11) is 0. The number of anilines is 2. The molecule has 1 aromatic rings. The van der Waals surface area contributed by atoms with Crippen molar-refractivity contribution in [2.45, 2.75) is 19.9 Å². The fourth-order valence-electron chi connectivity index (χ4n) is 1.65. The van der Waals surface area contributed by atoms with Crippen LogP contribution in [-0.4, -0.2) is 23.0 Å². The van der Waals surface area contributed by atoms with Gasteiger partial charge in [-0.3, -0.25) is 4.79 Å². The van der Waals surface area contributed by atoms with Crippen molar-refractivity contribution in [2.75, 3.05) is 10.2 Å². The van der Waals surface area contributed by atoms with Crippen LogP contribution in [0.2, 0.25) is 0 Å². The number of hydrogen-bond acceptors (Lipinski definition) is 5. The highest BCUT2D eigenvalue weighted by molar-refractivity contribution is 6.18. The summed E-state index contributed by atoms with van der Waals surface area (Å²) >= 11 is 0. The number of nitrogens with zero attached hydrogens (tertiary/aromatic N) is 2. The lowest BCUT2D eigenvalue weighted by Crippen LogP contribution is -2.49. The van der Waals surface area contributed by atoms with Gasteiger partial charge in [-0.15, -0.1) is 0 Å². The molecule has 2 heterocycles. The minimum absolute atomic E-state index is 0.226. The number of nitrogens with one attached hydrogen (secondary N) is 1. The topological polar surface area (TPSA) is 71.5 Å². The molecule has 1 unspecified atom stereocenters. The zero-order chi connectivity index (χ0) is 13.3. The number of ether oxygens (including phenoxy) is 1. The van der Waals surface area contributed by atoms with E-state index in [1.807, 2.05) is 0 Å². The fraction of sp³-hybridized carbons (Fsp3) is 0.250. The normalized spacial score (nSPS) is 17.8. The molecule has 18 heavy (non-hydrogen) atoms. The minimum atomic E-state index is -0.768. The van der Waals surface area contributed by atoms with E-state index in [2.05, 4.69) is 16.9 Å². The third-order valence-corrected chi connectivity index (χ3v) is 2.42. The Morgan fingerprint density at radius 2 is 2.33 bits per heavy atom. The van der Waals surface area contributed by atoms with Crippen LogP contribution >= 0.6 is 0 Å². The molecule has 0 bridgehead atoms. The third kappa shape index (κ3) is 2.04. The summed E-state index contributed by atoms with van der Waals surface area (Å²) in [5, 5.41) is 2.92. The molecule has 2 rings (SSSR count). The maximum Gasteiger partial charge on any atom is 0.426 e. The number of pyridine rings is 1. The number of amides is 2. The zero-order valence-electron chi connectivity index (χ0n) is 10.1. The molecule has 0 aliphatic carbocycles. The molecular weight excluding hydrogens is 234 g/mol. The summed E-state index contributed by atoms with van der Waals surface area (Å²) in [6.45, 7) is 6.67. The molecule has 1 aliphatic rings. The first-order chi connectivity index (χ1) is 8.50. The van der Waals surface area contributed by atoms with E-state index >= 15 is 0 Å². The lowest BCUT2D eigenvalue weighted by molar-refractivity contribution is -0.118. The highest BCUT2D eigenvalue weighted by atomic mass is 16.6. The number of carbonyl (C=O) groups is 2. The van der Waals surface area contributed by atoms with Crippen LogP contribution in [0.5, 0.6) is 0 Å². The second-order valence-corrected chi connectivity index (χ2v) is 3.98. The van der Waals surface area contributed by atoms with Crippen LogP contribution in [0.15, 0.2) is 30.7 Å². The van der Waals surface area contributed by atoms with Crippen molar-refractivity contribution in [1.29, 1.82) is 0 Å². The lowest BCUT2D eigenvalue weighted by atomic mass is 10.2. The van der Waals surface area contributed by atoms with Gasteiger partial charge in [-0.2, -0.15) is 0 Å². The van der Waals surface area contributed by atoms with Crippen molar-refractivity contribution >= 4 is 23.5 Å². The second-order valence-electron chi connectivity index (χ2n) is 3.98. The maximum atomic E-state index is 12.0.